The van der Waals surface area contributed by atoms with Crippen LogP contribution in [0.2, 0.25) is 0 Å². The van der Waals surface area contributed by atoms with Crippen LogP contribution in [0.4, 0.5) is 5.69 Å². The maximum Gasteiger partial charge on any atom is 0.296 e. The van der Waals surface area contributed by atoms with Crippen molar-refractivity contribution in [2.45, 2.75) is 4.90 Å². The third kappa shape index (κ3) is 1.26. The molecule has 0 aromatic heterocycles. The third-order valence-corrected chi connectivity index (χ3v) is 2.43. The SMILES string of the molecule is N#CSc1ccc2c(c1)C(=O)C(=O)N2. The largest absolute Gasteiger partial charge is 0.318 e. The van der Waals surface area contributed by atoms with Crippen molar-refractivity contribution in [2.75, 3.05) is 5.32 Å². The number of nitrogens with zero attached hydrogens (tertiary/aromatic N) is 1. The van der Waals surface area contributed by atoms with E-state index in [1.165, 1.54) is 0 Å². The van der Waals surface area contributed by atoms with Crippen LogP contribution in [0.1, 0.15) is 10.4 Å². The van der Waals surface area contributed by atoms with Gasteiger partial charge in [-0.1, -0.05) is 0 Å². The van der Waals surface area contributed by atoms with Gasteiger partial charge in [-0.25, -0.2) is 0 Å². The fraction of sp³-hybridized carbons (Fsp3) is 0. The highest BCUT2D eigenvalue weighted by atomic mass is 32.2. The Morgan fingerprint density at radius 3 is 2.86 bits per heavy atom. The smallest absolute Gasteiger partial charge is 0.296 e. The molecule has 0 radical (unpaired) electrons. The zero-order valence-electron chi connectivity index (χ0n) is 6.90. The highest BCUT2D eigenvalue weighted by molar-refractivity contribution is 8.03. The van der Waals surface area contributed by atoms with Crippen molar-refractivity contribution < 1.29 is 9.59 Å². The summed E-state index contributed by atoms with van der Waals surface area (Å²) in [5, 5.41) is 12.8. The first-order valence-corrected chi connectivity index (χ1v) is 4.59. The van der Waals surface area contributed by atoms with Crippen LogP contribution in [-0.4, -0.2) is 11.7 Å². The second-order valence-electron chi connectivity index (χ2n) is 2.68. The molecule has 0 spiro atoms. The van der Waals surface area contributed by atoms with Gasteiger partial charge in [0, 0.05) is 4.90 Å². The number of hydrogen-bond donors (Lipinski definition) is 1. The predicted molar refractivity (Wildman–Crippen MR) is 50.9 cm³/mol. The van der Waals surface area contributed by atoms with E-state index >= 15 is 0 Å². The van der Waals surface area contributed by atoms with Gasteiger partial charge in [0.1, 0.15) is 5.40 Å². The van der Waals surface area contributed by atoms with Crippen LogP contribution < -0.4 is 5.32 Å². The predicted octanol–water partition coefficient (Wildman–Crippen LogP) is 1.39. The van der Waals surface area contributed by atoms with E-state index in [0.717, 1.165) is 11.8 Å². The molecule has 1 aromatic rings. The molecule has 0 saturated heterocycles. The quantitative estimate of drug-likeness (QED) is 0.426. The minimum Gasteiger partial charge on any atom is -0.318 e. The monoisotopic (exact) mass is 204 g/mol. The molecule has 14 heavy (non-hydrogen) atoms. The van der Waals surface area contributed by atoms with Gasteiger partial charge < -0.3 is 5.32 Å². The van der Waals surface area contributed by atoms with Gasteiger partial charge in [-0.3, -0.25) is 9.59 Å². The first kappa shape index (κ1) is 8.78. The lowest BCUT2D eigenvalue weighted by molar-refractivity contribution is -0.112. The zero-order valence-corrected chi connectivity index (χ0v) is 7.72. The number of thioether (sulfide) groups is 1. The standard InChI is InChI=1S/C9H4N2O2S/c10-4-14-5-1-2-7-6(3-5)8(12)9(13)11-7/h1-3H,(H,11,12,13). The average Bonchev–Trinajstić information content (AvgIpc) is 2.45. The summed E-state index contributed by atoms with van der Waals surface area (Å²) in [6.07, 6.45) is 0. The fourth-order valence-electron chi connectivity index (χ4n) is 1.24. The van der Waals surface area contributed by atoms with Gasteiger partial charge in [0.2, 0.25) is 0 Å². The Kier molecular flexibility index (Phi) is 1.98. The molecular formula is C9H4N2O2S. The lowest BCUT2D eigenvalue weighted by atomic mass is 10.1. The number of thiocyanates is 1. The molecule has 68 valence electrons. The number of rotatable bonds is 1. The minimum atomic E-state index is -0.612. The van der Waals surface area contributed by atoms with Crippen molar-refractivity contribution in [3.05, 3.63) is 23.8 Å². The van der Waals surface area contributed by atoms with Crippen LogP contribution in [0.3, 0.4) is 0 Å². The van der Waals surface area contributed by atoms with Crippen LogP contribution in [0, 0.1) is 10.7 Å². The summed E-state index contributed by atoms with van der Waals surface area (Å²) in [5.74, 6) is -1.15. The Bertz CT molecular complexity index is 476. The molecule has 0 bridgehead atoms. The van der Waals surface area contributed by atoms with Gasteiger partial charge >= 0.3 is 0 Å². The Labute approximate surface area is 83.9 Å². The van der Waals surface area contributed by atoms with Gasteiger partial charge in [-0.05, 0) is 30.0 Å². The number of carbonyl (C=O) groups excluding carboxylic acids is 2. The van der Waals surface area contributed by atoms with Gasteiger partial charge in [0.25, 0.3) is 11.7 Å². The van der Waals surface area contributed by atoms with Crippen molar-refractivity contribution in [1.29, 1.82) is 5.26 Å². The molecule has 1 amide bonds. The molecule has 1 aliphatic rings. The second-order valence-corrected chi connectivity index (χ2v) is 3.54. The van der Waals surface area contributed by atoms with E-state index in [1.54, 1.807) is 18.2 Å². The number of Topliss-reactive ketones (excluding diaryl/α,β-unsaturated/α-hetero) is 1. The molecule has 0 unspecified atom stereocenters. The van der Waals surface area contributed by atoms with Crippen LogP contribution in [0.5, 0.6) is 0 Å². The van der Waals surface area contributed by atoms with Crippen molar-refractivity contribution in [3.8, 4) is 5.40 Å². The fourth-order valence-corrected chi connectivity index (χ4v) is 1.66. The van der Waals surface area contributed by atoms with Crippen LogP contribution in [0.15, 0.2) is 23.1 Å². The summed E-state index contributed by atoms with van der Waals surface area (Å²) in [6.45, 7) is 0. The van der Waals surface area contributed by atoms with Crippen molar-refractivity contribution >= 4 is 29.1 Å². The third-order valence-electron chi connectivity index (χ3n) is 1.85. The van der Waals surface area contributed by atoms with E-state index in [9.17, 15) is 9.59 Å². The van der Waals surface area contributed by atoms with E-state index in [2.05, 4.69) is 5.32 Å². The second kappa shape index (κ2) is 3.16. The van der Waals surface area contributed by atoms with Crippen LogP contribution in [0.25, 0.3) is 0 Å². The number of carbonyl (C=O) groups is 2. The summed E-state index contributed by atoms with van der Waals surface area (Å²) in [5.41, 5.74) is 0.859. The topological polar surface area (TPSA) is 70.0 Å². The number of nitrogens with one attached hydrogen (secondary N) is 1. The van der Waals surface area contributed by atoms with E-state index in [1.807, 2.05) is 5.40 Å². The highest BCUT2D eigenvalue weighted by Crippen LogP contribution is 2.27. The molecule has 0 fully saturated rings. The van der Waals surface area contributed by atoms with E-state index in [0.29, 0.717) is 16.1 Å². The maximum atomic E-state index is 11.2. The Hall–Kier alpha value is -1.80. The van der Waals surface area contributed by atoms with Gasteiger partial charge in [0.15, 0.2) is 0 Å². The van der Waals surface area contributed by atoms with Gasteiger partial charge in [-0.2, -0.15) is 5.26 Å². The molecule has 4 nitrogen and oxygen atoms in total. The van der Waals surface area contributed by atoms with E-state index < -0.39 is 11.7 Å². The van der Waals surface area contributed by atoms with Crippen LogP contribution >= 0.6 is 11.8 Å². The summed E-state index contributed by atoms with van der Waals surface area (Å²) in [4.78, 5) is 22.9. The number of anilines is 1. The average molecular weight is 204 g/mol. The number of amides is 1. The molecule has 2 rings (SSSR count). The van der Waals surface area contributed by atoms with Crippen LogP contribution in [-0.2, 0) is 4.79 Å². The molecule has 1 aliphatic heterocycles. The molecule has 5 heteroatoms. The Balaban J connectivity index is 2.47. The summed E-state index contributed by atoms with van der Waals surface area (Å²) in [6, 6.07) is 4.85. The molecule has 0 aliphatic carbocycles. The summed E-state index contributed by atoms with van der Waals surface area (Å²) >= 11 is 0.959. The molecule has 1 N–H and O–H groups in total. The maximum absolute atomic E-state index is 11.2. The van der Waals surface area contributed by atoms with Gasteiger partial charge in [-0.15, -0.1) is 0 Å². The highest BCUT2D eigenvalue weighted by Gasteiger charge is 2.27. The Morgan fingerprint density at radius 1 is 1.36 bits per heavy atom. The van der Waals surface area contributed by atoms with E-state index in [-0.39, 0.29) is 0 Å². The summed E-state index contributed by atoms with van der Waals surface area (Å²) < 4.78 is 0. The first-order chi connectivity index (χ1) is 6.72. The number of benzene rings is 1. The summed E-state index contributed by atoms with van der Waals surface area (Å²) in [7, 11) is 0. The van der Waals surface area contributed by atoms with E-state index in [4.69, 9.17) is 5.26 Å². The molecular weight excluding hydrogens is 200 g/mol. The molecule has 0 atom stereocenters. The molecule has 1 aromatic carbocycles. The number of fused-ring (bicyclic) bond motifs is 1. The number of nitriles is 1. The normalized spacial score (nSPS) is 13.4. The molecule has 1 heterocycles. The minimum absolute atomic E-state index is 0.343. The number of ketones is 1. The zero-order chi connectivity index (χ0) is 10.1. The lowest BCUT2D eigenvalue weighted by Crippen LogP contribution is -2.12. The Morgan fingerprint density at radius 2 is 2.14 bits per heavy atom. The number of hydrogen-bond acceptors (Lipinski definition) is 4. The van der Waals surface area contributed by atoms with Crippen molar-refractivity contribution in [3.63, 3.8) is 0 Å². The molecule has 0 saturated carbocycles. The van der Waals surface area contributed by atoms with Crippen molar-refractivity contribution in [1.82, 2.24) is 0 Å². The van der Waals surface area contributed by atoms with Crippen molar-refractivity contribution in [2.24, 2.45) is 0 Å². The van der Waals surface area contributed by atoms with Gasteiger partial charge in [0.05, 0.1) is 11.3 Å². The first-order valence-electron chi connectivity index (χ1n) is 3.78. The lowest BCUT2D eigenvalue weighted by Gasteiger charge is -1.97.